The fraction of sp³-hybridized carbons (Fsp3) is 1.00. The first-order chi connectivity index (χ1) is 12.3. The van der Waals surface area contributed by atoms with Gasteiger partial charge in [0.2, 0.25) is 0 Å². The van der Waals surface area contributed by atoms with E-state index in [2.05, 4.69) is 13.8 Å². The molecular weight excluding hydrogens is 304 g/mol. The highest BCUT2D eigenvalue weighted by Crippen LogP contribution is 2.37. The Morgan fingerprint density at radius 3 is 1.64 bits per heavy atom. The molecule has 148 valence electrons. The van der Waals surface area contributed by atoms with Crippen LogP contribution in [0.5, 0.6) is 0 Å². The molecule has 2 aliphatic rings. The normalized spacial score (nSPS) is 30.5. The van der Waals surface area contributed by atoms with Gasteiger partial charge >= 0.3 is 0 Å². The zero-order valence-electron chi connectivity index (χ0n) is 17.4. The minimum Gasteiger partial charge on any atom is -0.378 e. The second-order valence-electron chi connectivity index (χ2n) is 9.18. The van der Waals surface area contributed by atoms with E-state index in [1.807, 2.05) is 0 Å². The van der Waals surface area contributed by atoms with Crippen LogP contribution < -0.4 is 0 Å². The molecule has 0 N–H and O–H groups in total. The van der Waals surface area contributed by atoms with Crippen molar-refractivity contribution in [2.24, 2.45) is 17.8 Å². The first-order valence-corrected chi connectivity index (χ1v) is 11.9. The van der Waals surface area contributed by atoms with Gasteiger partial charge in [-0.05, 0) is 49.9 Å². The van der Waals surface area contributed by atoms with Crippen LogP contribution in [0.1, 0.15) is 123 Å². The van der Waals surface area contributed by atoms with Gasteiger partial charge in [-0.15, -0.1) is 0 Å². The Morgan fingerprint density at radius 1 is 0.560 bits per heavy atom. The molecule has 0 bridgehead atoms. The van der Waals surface area contributed by atoms with E-state index in [-0.39, 0.29) is 0 Å². The Hall–Kier alpha value is -0.0400. The van der Waals surface area contributed by atoms with E-state index < -0.39 is 0 Å². The molecule has 0 unspecified atom stereocenters. The van der Waals surface area contributed by atoms with Gasteiger partial charge in [0.05, 0.1) is 6.10 Å². The van der Waals surface area contributed by atoms with E-state index in [9.17, 15) is 0 Å². The first kappa shape index (κ1) is 21.3. The summed E-state index contributed by atoms with van der Waals surface area (Å²) in [7, 11) is 0. The van der Waals surface area contributed by atoms with Crippen molar-refractivity contribution < 1.29 is 4.74 Å². The van der Waals surface area contributed by atoms with Crippen molar-refractivity contribution in [3.05, 3.63) is 0 Å². The summed E-state index contributed by atoms with van der Waals surface area (Å²) in [6, 6.07) is 0. The Bertz CT molecular complexity index is 297. The Kier molecular flexibility index (Phi) is 11.2. The van der Waals surface area contributed by atoms with Crippen LogP contribution in [-0.2, 0) is 4.74 Å². The number of unbranched alkanes of at least 4 members (excludes halogenated alkanes) is 4. The summed E-state index contributed by atoms with van der Waals surface area (Å²) >= 11 is 0. The lowest BCUT2D eigenvalue weighted by atomic mass is 9.76. The molecule has 0 aromatic heterocycles. The van der Waals surface area contributed by atoms with Crippen LogP contribution in [0, 0.1) is 17.8 Å². The predicted octanol–water partition coefficient (Wildman–Crippen LogP) is 7.92. The van der Waals surface area contributed by atoms with E-state index in [0.717, 1.165) is 24.4 Å². The lowest BCUT2D eigenvalue weighted by Gasteiger charge is -2.32. The van der Waals surface area contributed by atoms with Crippen LogP contribution in [0.3, 0.4) is 0 Å². The second kappa shape index (κ2) is 13.2. The third-order valence-electron chi connectivity index (χ3n) is 7.02. The molecule has 25 heavy (non-hydrogen) atoms. The van der Waals surface area contributed by atoms with Crippen LogP contribution in [0.2, 0.25) is 0 Å². The Morgan fingerprint density at radius 2 is 1.08 bits per heavy atom. The molecular formula is C24H46O. The van der Waals surface area contributed by atoms with Gasteiger partial charge in [-0.1, -0.05) is 90.9 Å². The molecule has 0 aromatic carbocycles. The topological polar surface area (TPSA) is 9.23 Å². The SMILES string of the molecule is CCCCCCC[C@H]1CC[C@H](CC[C@H]2CC[C@H](OCCC)CC2)CC1. The van der Waals surface area contributed by atoms with E-state index in [0.29, 0.717) is 6.10 Å². The van der Waals surface area contributed by atoms with Gasteiger partial charge in [-0.2, -0.15) is 0 Å². The molecule has 0 aliphatic heterocycles. The molecule has 2 fully saturated rings. The van der Waals surface area contributed by atoms with Crippen LogP contribution in [-0.4, -0.2) is 12.7 Å². The van der Waals surface area contributed by atoms with Gasteiger partial charge in [0.15, 0.2) is 0 Å². The fourth-order valence-electron chi connectivity index (χ4n) is 5.19. The maximum absolute atomic E-state index is 5.94. The van der Waals surface area contributed by atoms with Crippen molar-refractivity contribution in [3.8, 4) is 0 Å². The minimum absolute atomic E-state index is 0.587. The van der Waals surface area contributed by atoms with Crippen molar-refractivity contribution in [3.63, 3.8) is 0 Å². The number of rotatable bonds is 12. The lowest BCUT2D eigenvalue weighted by molar-refractivity contribution is 0.0167. The average Bonchev–Trinajstić information content (AvgIpc) is 2.66. The minimum atomic E-state index is 0.587. The standard InChI is InChI=1S/C24H46O/c1-3-5-6-7-8-9-21-10-12-22(13-11-21)14-15-23-16-18-24(19-17-23)25-20-4-2/h21-24H,3-20H2,1-2H3/t21-,22-,23-,24-. The highest BCUT2D eigenvalue weighted by molar-refractivity contribution is 4.77. The molecule has 2 rings (SSSR count). The third-order valence-corrected chi connectivity index (χ3v) is 7.02. The van der Waals surface area contributed by atoms with Crippen molar-refractivity contribution in [1.29, 1.82) is 0 Å². The quantitative estimate of drug-likeness (QED) is 0.325. The maximum Gasteiger partial charge on any atom is 0.0575 e. The van der Waals surface area contributed by atoms with E-state index >= 15 is 0 Å². The first-order valence-electron chi connectivity index (χ1n) is 11.9. The molecule has 0 saturated heterocycles. The van der Waals surface area contributed by atoms with Crippen molar-refractivity contribution in [2.45, 2.75) is 129 Å². The van der Waals surface area contributed by atoms with Crippen molar-refractivity contribution >= 4 is 0 Å². The average molecular weight is 351 g/mol. The Labute approximate surface area is 158 Å². The zero-order valence-corrected chi connectivity index (χ0v) is 17.4. The van der Waals surface area contributed by atoms with Crippen molar-refractivity contribution in [1.82, 2.24) is 0 Å². The van der Waals surface area contributed by atoms with Gasteiger partial charge in [-0.3, -0.25) is 0 Å². The summed E-state index contributed by atoms with van der Waals surface area (Å²) in [5, 5.41) is 0. The summed E-state index contributed by atoms with van der Waals surface area (Å²) in [5.74, 6) is 3.15. The zero-order chi connectivity index (χ0) is 17.7. The highest BCUT2D eigenvalue weighted by Gasteiger charge is 2.24. The molecule has 1 nitrogen and oxygen atoms in total. The summed E-state index contributed by atoms with van der Waals surface area (Å²) in [4.78, 5) is 0. The summed E-state index contributed by atoms with van der Waals surface area (Å²) < 4.78 is 5.94. The van der Waals surface area contributed by atoms with E-state index in [4.69, 9.17) is 4.74 Å². The number of hydrogen-bond acceptors (Lipinski definition) is 1. The smallest absolute Gasteiger partial charge is 0.0575 e. The van der Waals surface area contributed by atoms with Crippen molar-refractivity contribution in [2.75, 3.05) is 6.61 Å². The summed E-state index contributed by atoms with van der Waals surface area (Å²) in [6.07, 6.45) is 25.3. The lowest BCUT2D eigenvalue weighted by Crippen LogP contribution is -2.23. The van der Waals surface area contributed by atoms with Gasteiger partial charge in [-0.25, -0.2) is 0 Å². The summed E-state index contributed by atoms with van der Waals surface area (Å²) in [6.45, 7) is 5.50. The largest absolute Gasteiger partial charge is 0.378 e. The molecule has 0 aromatic rings. The molecule has 0 atom stereocenters. The van der Waals surface area contributed by atoms with Gasteiger partial charge in [0, 0.05) is 6.61 Å². The fourth-order valence-corrected chi connectivity index (χ4v) is 5.19. The third kappa shape index (κ3) is 8.94. The Balaban J connectivity index is 1.47. The number of ether oxygens (including phenoxy) is 1. The maximum atomic E-state index is 5.94. The van der Waals surface area contributed by atoms with Gasteiger partial charge < -0.3 is 4.74 Å². The van der Waals surface area contributed by atoms with Gasteiger partial charge in [0.1, 0.15) is 0 Å². The van der Waals surface area contributed by atoms with Crippen LogP contribution in [0.25, 0.3) is 0 Å². The monoisotopic (exact) mass is 350 g/mol. The van der Waals surface area contributed by atoms with Crippen LogP contribution in [0.4, 0.5) is 0 Å². The molecule has 0 heterocycles. The van der Waals surface area contributed by atoms with Crippen LogP contribution >= 0.6 is 0 Å². The predicted molar refractivity (Wildman–Crippen MR) is 110 cm³/mol. The van der Waals surface area contributed by atoms with E-state index in [1.165, 1.54) is 109 Å². The van der Waals surface area contributed by atoms with Crippen LogP contribution in [0.15, 0.2) is 0 Å². The molecule has 0 spiro atoms. The molecule has 0 radical (unpaired) electrons. The molecule has 1 heteroatoms. The number of hydrogen-bond donors (Lipinski definition) is 0. The molecule has 0 amide bonds. The molecule has 2 aliphatic carbocycles. The highest BCUT2D eigenvalue weighted by atomic mass is 16.5. The summed E-state index contributed by atoms with van der Waals surface area (Å²) in [5.41, 5.74) is 0. The molecule has 2 saturated carbocycles. The second-order valence-corrected chi connectivity index (χ2v) is 9.18. The van der Waals surface area contributed by atoms with Gasteiger partial charge in [0.25, 0.3) is 0 Å². The van der Waals surface area contributed by atoms with E-state index in [1.54, 1.807) is 0 Å².